The van der Waals surface area contributed by atoms with Gasteiger partial charge in [-0.05, 0) is 56.0 Å². The second kappa shape index (κ2) is 9.79. The van der Waals surface area contributed by atoms with Crippen molar-refractivity contribution in [3.63, 3.8) is 0 Å². The van der Waals surface area contributed by atoms with Gasteiger partial charge in [-0.1, -0.05) is 28.5 Å². The van der Waals surface area contributed by atoms with Crippen molar-refractivity contribution in [3.05, 3.63) is 76.0 Å². The van der Waals surface area contributed by atoms with Gasteiger partial charge in [0.05, 0.1) is 18.3 Å². The third kappa shape index (κ3) is 4.98. The number of halogens is 3. The Morgan fingerprint density at radius 3 is 2.37 bits per heavy atom. The summed E-state index contributed by atoms with van der Waals surface area (Å²) in [5.41, 5.74) is 1.91. The molecule has 2 fully saturated rings. The number of hydrogen-bond donors (Lipinski definition) is 1. The quantitative estimate of drug-likeness (QED) is 0.327. The van der Waals surface area contributed by atoms with E-state index in [4.69, 9.17) is 9.26 Å². The molecule has 11 heteroatoms. The summed E-state index contributed by atoms with van der Waals surface area (Å²) in [6.07, 6.45) is -1.10. The largest absolute Gasteiger partial charge is 0.439 e. The minimum Gasteiger partial charge on any atom is -0.373 e. The van der Waals surface area contributed by atoms with Crippen molar-refractivity contribution in [2.45, 2.75) is 50.5 Å². The van der Waals surface area contributed by atoms with Gasteiger partial charge in [-0.2, -0.15) is 13.2 Å². The van der Waals surface area contributed by atoms with E-state index in [9.17, 15) is 18.0 Å². The lowest BCUT2D eigenvalue weighted by Crippen LogP contribution is -2.37. The number of rotatable bonds is 7. The lowest BCUT2D eigenvalue weighted by Gasteiger charge is -2.33. The average Bonchev–Trinajstić information content (AvgIpc) is 3.53. The van der Waals surface area contributed by atoms with E-state index < -0.39 is 17.5 Å². The van der Waals surface area contributed by atoms with Crippen molar-refractivity contribution >= 4 is 5.69 Å². The van der Waals surface area contributed by atoms with Crippen molar-refractivity contribution in [1.29, 1.82) is 0 Å². The maximum absolute atomic E-state index is 13.7. The molecule has 2 aliphatic rings. The van der Waals surface area contributed by atoms with E-state index in [0.717, 1.165) is 56.1 Å². The maximum atomic E-state index is 13.7. The number of aromatic amines is 1. The number of nitrogens with one attached hydrogen (secondary N) is 1. The standard InChI is InChI=1S/C27H25F3N4O4/c28-27(29,30)22-4-2-1-3-20(22)23-21(24(37-32-23)16-5-6-16)15-36-19-11-13-34(14-12-19)18-9-7-17(8-10-18)25-31-26(35)38-33-25/h1-4,7-10,16,19H,5-6,11-15H2,(H,31,33,35). The summed E-state index contributed by atoms with van der Waals surface area (Å²) in [6, 6.07) is 13.1. The van der Waals surface area contributed by atoms with Crippen LogP contribution in [0.4, 0.5) is 18.9 Å². The van der Waals surface area contributed by atoms with Crippen LogP contribution in [0.3, 0.4) is 0 Å². The first kappa shape index (κ1) is 24.5. The van der Waals surface area contributed by atoms with E-state index >= 15 is 0 Å². The van der Waals surface area contributed by atoms with Crippen LogP contribution in [0.5, 0.6) is 0 Å². The molecule has 8 nitrogen and oxygen atoms in total. The number of ether oxygens (including phenoxy) is 1. The normalized spacial score (nSPS) is 16.8. The Morgan fingerprint density at radius 1 is 0.974 bits per heavy atom. The fraction of sp³-hybridized carbons (Fsp3) is 0.370. The van der Waals surface area contributed by atoms with Crippen LogP contribution in [0.1, 0.15) is 48.5 Å². The molecule has 2 aromatic heterocycles. The van der Waals surface area contributed by atoms with Crippen LogP contribution in [-0.2, 0) is 17.5 Å². The molecule has 3 heterocycles. The van der Waals surface area contributed by atoms with E-state index in [0.29, 0.717) is 17.1 Å². The Hall–Kier alpha value is -3.86. The molecular weight excluding hydrogens is 501 g/mol. The van der Waals surface area contributed by atoms with Crippen LogP contribution in [0.25, 0.3) is 22.6 Å². The third-order valence-corrected chi connectivity index (χ3v) is 7.11. The molecule has 6 rings (SSSR count). The molecule has 0 atom stereocenters. The Bertz CT molecular complexity index is 1460. The zero-order valence-electron chi connectivity index (χ0n) is 20.3. The van der Waals surface area contributed by atoms with E-state index in [1.165, 1.54) is 12.1 Å². The molecule has 198 valence electrons. The predicted octanol–water partition coefficient (Wildman–Crippen LogP) is 5.77. The molecule has 1 aliphatic carbocycles. The van der Waals surface area contributed by atoms with Crippen LogP contribution in [0, 0.1) is 0 Å². The summed E-state index contributed by atoms with van der Waals surface area (Å²) >= 11 is 0. The van der Waals surface area contributed by atoms with Gasteiger partial charge >= 0.3 is 11.9 Å². The van der Waals surface area contributed by atoms with Crippen LogP contribution in [0.15, 0.2) is 62.4 Å². The molecular formula is C27H25F3N4O4. The molecule has 0 spiro atoms. The summed E-state index contributed by atoms with van der Waals surface area (Å²) in [5.74, 6) is 0.610. The number of aromatic nitrogens is 3. The summed E-state index contributed by atoms with van der Waals surface area (Å²) in [5, 5.41) is 7.78. The molecule has 1 N–H and O–H groups in total. The number of hydrogen-bond acceptors (Lipinski definition) is 7. The molecule has 1 aliphatic heterocycles. The Balaban J connectivity index is 1.12. The maximum Gasteiger partial charge on any atom is 0.439 e. The minimum absolute atomic E-state index is 0.0159. The highest BCUT2D eigenvalue weighted by Gasteiger charge is 2.37. The van der Waals surface area contributed by atoms with Crippen molar-refractivity contribution in [2.24, 2.45) is 0 Å². The van der Waals surface area contributed by atoms with E-state index in [1.54, 1.807) is 6.07 Å². The van der Waals surface area contributed by atoms with Crippen molar-refractivity contribution in [3.8, 4) is 22.6 Å². The van der Waals surface area contributed by atoms with Gasteiger partial charge < -0.3 is 14.2 Å². The predicted molar refractivity (Wildman–Crippen MR) is 131 cm³/mol. The van der Waals surface area contributed by atoms with Crippen LogP contribution < -0.4 is 10.7 Å². The number of H-pyrrole nitrogens is 1. The van der Waals surface area contributed by atoms with E-state index in [1.807, 2.05) is 24.3 Å². The second-order valence-electron chi connectivity index (χ2n) is 9.68. The molecule has 0 amide bonds. The van der Waals surface area contributed by atoms with Gasteiger partial charge in [0.1, 0.15) is 11.5 Å². The van der Waals surface area contributed by atoms with Crippen LogP contribution in [0.2, 0.25) is 0 Å². The number of piperidine rings is 1. The fourth-order valence-corrected chi connectivity index (χ4v) is 4.94. The highest BCUT2D eigenvalue weighted by atomic mass is 19.4. The second-order valence-corrected chi connectivity index (χ2v) is 9.68. The van der Waals surface area contributed by atoms with Gasteiger partial charge in [-0.25, -0.2) is 4.79 Å². The van der Waals surface area contributed by atoms with Gasteiger partial charge in [0, 0.05) is 41.4 Å². The Morgan fingerprint density at radius 2 is 1.71 bits per heavy atom. The molecule has 1 saturated carbocycles. The fourth-order valence-electron chi connectivity index (χ4n) is 4.94. The number of anilines is 1. The van der Waals surface area contributed by atoms with Crippen molar-refractivity contribution in [2.75, 3.05) is 18.0 Å². The van der Waals surface area contributed by atoms with E-state index in [2.05, 4.69) is 24.7 Å². The Kier molecular flexibility index (Phi) is 6.30. The zero-order valence-corrected chi connectivity index (χ0v) is 20.3. The lowest BCUT2D eigenvalue weighted by molar-refractivity contribution is -0.137. The summed E-state index contributed by atoms with van der Waals surface area (Å²) < 4.78 is 57.4. The third-order valence-electron chi connectivity index (χ3n) is 7.11. The Labute approximate surface area is 215 Å². The monoisotopic (exact) mass is 526 g/mol. The minimum atomic E-state index is -4.50. The highest BCUT2D eigenvalue weighted by Crippen LogP contribution is 2.46. The van der Waals surface area contributed by atoms with Gasteiger partial charge in [-0.3, -0.25) is 9.51 Å². The molecule has 2 aromatic carbocycles. The first-order chi connectivity index (χ1) is 18.4. The molecule has 0 bridgehead atoms. The first-order valence-corrected chi connectivity index (χ1v) is 12.5. The molecule has 38 heavy (non-hydrogen) atoms. The van der Waals surface area contributed by atoms with Crippen molar-refractivity contribution < 1.29 is 27.0 Å². The molecule has 0 radical (unpaired) electrons. The molecule has 4 aromatic rings. The SMILES string of the molecule is O=c1[nH]c(-c2ccc(N3CCC(OCc4c(-c5ccccc5C(F)(F)F)noc4C4CC4)CC3)cc2)no1. The lowest BCUT2D eigenvalue weighted by atomic mass is 9.99. The highest BCUT2D eigenvalue weighted by molar-refractivity contribution is 5.68. The molecule has 0 unspecified atom stereocenters. The molecule has 1 saturated heterocycles. The first-order valence-electron chi connectivity index (χ1n) is 12.5. The van der Waals surface area contributed by atoms with Gasteiger partial charge in [0.25, 0.3) is 0 Å². The van der Waals surface area contributed by atoms with Gasteiger partial charge in [-0.15, -0.1) is 0 Å². The topological polar surface area (TPSA) is 97.4 Å². The average molecular weight is 527 g/mol. The zero-order chi connectivity index (χ0) is 26.3. The van der Waals surface area contributed by atoms with Gasteiger partial charge in [0.15, 0.2) is 5.82 Å². The summed E-state index contributed by atoms with van der Waals surface area (Å²) in [7, 11) is 0. The number of alkyl halides is 3. The van der Waals surface area contributed by atoms with Crippen LogP contribution in [-0.4, -0.2) is 34.5 Å². The summed E-state index contributed by atoms with van der Waals surface area (Å²) in [4.78, 5) is 16.0. The summed E-state index contributed by atoms with van der Waals surface area (Å²) in [6.45, 7) is 1.70. The van der Waals surface area contributed by atoms with Crippen molar-refractivity contribution in [1.82, 2.24) is 15.3 Å². The number of nitrogens with zero attached hydrogens (tertiary/aromatic N) is 3. The van der Waals surface area contributed by atoms with Gasteiger partial charge in [0.2, 0.25) is 0 Å². The smallest absolute Gasteiger partial charge is 0.373 e. The van der Waals surface area contributed by atoms with E-state index in [-0.39, 0.29) is 29.9 Å². The number of benzene rings is 2. The van der Waals surface area contributed by atoms with Crippen LogP contribution >= 0.6 is 0 Å².